The van der Waals surface area contributed by atoms with Crippen LogP contribution in [0.4, 0.5) is 0 Å². The molecule has 2 aromatic heterocycles. The van der Waals surface area contributed by atoms with Crippen molar-refractivity contribution < 1.29 is 19.1 Å². The average Bonchev–Trinajstić information content (AvgIpc) is 3.30. The van der Waals surface area contributed by atoms with Crippen LogP contribution in [0.25, 0.3) is 11.6 Å². The number of nitrogens with zero attached hydrogens (tertiary/aromatic N) is 1. The zero-order valence-electron chi connectivity index (χ0n) is 18.2. The first-order valence-corrected chi connectivity index (χ1v) is 10.2. The van der Waals surface area contributed by atoms with E-state index in [0.29, 0.717) is 33.9 Å². The number of aromatic nitrogens is 1. The molecule has 0 aliphatic heterocycles. The van der Waals surface area contributed by atoms with Crippen LogP contribution in [0.2, 0.25) is 0 Å². The number of fused-ring (bicyclic) bond motifs is 1. The first-order chi connectivity index (χ1) is 15.5. The number of hydrogen-bond acceptors (Lipinski definition) is 4. The molecule has 0 fully saturated rings. The van der Waals surface area contributed by atoms with Gasteiger partial charge in [0.15, 0.2) is 17.3 Å². The van der Waals surface area contributed by atoms with Crippen molar-refractivity contribution in [3.8, 4) is 11.5 Å². The minimum Gasteiger partial charge on any atom is -0.493 e. The monoisotopic (exact) mass is 425 g/mol. The third-order valence-electron chi connectivity index (χ3n) is 5.42. The summed E-state index contributed by atoms with van der Waals surface area (Å²) in [5.41, 5.74) is 3.80. The number of benzene rings is 2. The summed E-state index contributed by atoms with van der Waals surface area (Å²) in [7, 11) is 3.14. The maximum Gasteiger partial charge on any atom is 0.210 e. The lowest BCUT2D eigenvalue weighted by molar-refractivity contribution is 0.103. The molecule has 2 aromatic carbocycles. The minimum absolute atomic E-state index is 0.122. The number of ether oxygens (including phenoxy) is 2. The molecule has 4 aromatic rings. The predicted octanol–water partition coefficient (Wildman–Crippen LogP) is 5.39. The molecule has 0 amide bonds. The molecule has 0 saturated carbocycles. The minimum atomic E-state index is -0.178. The number of methoxy groups -OCH3 is 2. The molecule has 160 valence electrons. The van der Waals surface area contributed by atoms with E-state index in [0.717, 1.165) is 11.1 Å². The van der Waals surface area contributed by atoms with E-state index in [4.69, 9.17) is 9.47 Å². The van der Waals surface area contributed by atoms with Crippen molar-refractivity contribution in [1.82, 2.24) is 4.40 Å². The van der Waals surface area contributed by atoms with E-state index >= 15 is 0 Å². The van der Waals surface area contributed by atoms with Gasteiger partial charge < -0.3 is 13.9 Å². The molecule has 0 aliphatic rings. The molecule has 0 bridgehead atoms. The smallest absolute Gasteiger partial charge is 0.210 e. The molecule has 0 aliphatic carbocycles. The van der Waals surface area contributed by atoms with Gasteiger partial charge in [0.05, 0.1) is 19.9 Å². The van der Waals surface area contributed by atoms with Crippen molar-refractivity contribution in [3.63, 3.8) is 0 Å². The number of ketones is 2. The lowest BCUT2D eigenvalue weighted by Crippen LogP contribution is -2.13. The number of carbonyl (C=O) groups is 2. The molecule has 5 heteroatoms. The highest BCUT2D eigenvalue weighted by atomic mass is 16.5. The maximum atomic E-state index is 13.3. The average molecular weight is 425 g/mol. The summed E-state index contributed by atoms with van der Waals surface area (Å²) >= 11 is 0. The van der Waals surface area contributed by atoms with Gasteiger partial charge in [-0.2, -0.15) is 0 Å². The summed E-state index contributed by atoms with van der Waals surface area (Å²) < 4.78 is 12.4. The van der Waals surface area contributed by atoms with Crippen LogP contribution in [0.1, 0.15) is 37.5 Å². The highest BCUT2D eigenvalue weighted by molar-refractivity contribution is 6.14. The molecule has 4 rings (SSSR count). The summed E-state index contributed by atoms with van der Waals surface area (Å²) in [6, 6.07) is 20.1. The van der Waals surface area contributed by atoms with Crippen LogP contribution in [0, 0.1) is 6.92 Å². The second-order valence-corrected chi connectivity index (χ2v) is 7.34. The third kappa shape index (κ3) is 3.93. The Morgan fingerprint density at radius 2 is 1.62 bits per heavy atom. The van der Waals surface area contributed by atoms with Gasteiger partial charge in [0, 0.05) is 22.8 Å². The zero-order chi connectivity index (χ0) is 22.7. The number of carbonyl (C=O) groups excluding carboxylic acids is 2. The highest BCUT2D eigenvalue weighted by Gasteiger charge is 2.20. The molecule has 32 heavy (non-hydrogen) atoms. The molecular weight excluding hydrogens is 402 g/mol. The van der Waals surface area contributed by atoms with E-state index in [9.17, 15) is 9.59 Å². The fourth-order valence-corrected chi connectivity index (χ4v) is 3.76. The predicted molar refractivity (Wildman–Crippen MR) is 125 cm³/mol. The van der Waals surface area contributed by atoms with E-state index in [-0.39, 0.29) is 11.6 Å². The van der Waals surface area contributed by atoms with E-state index in [1.807, 2.05) is 60.0 Å². The Labute approximate surface area is 186 Å². The van der Waals surface area contributed by atoms with Crippen molar-refractivity contribution in [2.24, 2.45) is 0 Å². The lowest BCUT2D eigenvalue weighted by atomic mass is 9.97. The molecular formula is C27H23NO4. The highest BCUT2D eigenvalue weighted by Crippen LogP contribution is 2.28. The van der Waals surface area contributed by atoms with Crippen molar-refractivity contribution in [3.05, 3.63) is 107 Å². The van der Waals surface area contributed by atoms with Gasteiger partial charge in [0.1, 0.15) is 0 Å². The molecule has 0 unspecified atom stereocenters. The summed E-state index contributed by atoms with van der Waals surface area (Å²) in [5.74, 6) is 0.907. The fourth-order valence-electron chi connectivity index (χ4n) is 3.76. The number of rotatable bonds is 7. The summed E-state index contributed by atoms with van der Waals surface area (Å²) in [5, 5.41) is 0. The van der Waals surface area contributed by atoms with Crippen LogP contribution >= 0.6 is 0 Å². The van der Waals surface area contributed by atoms with Gasteiger partial charge in [-0.25, -0.2) is 0 Å². The Hall–Kier alpha value is -4.12. The zero-order valence-corrected chi connectivity index (χ0v) is 18.2. The van der Waals surface area contributed by atoms with Gasteiger partial charge in [-0.1, -0.05) is 42.5 Å². The topological polar surface area (TPSA) is 57.0 Å². The number of hydrogen-bond donors (Lipinski definition) is 0. The molecule has 0 atom stereocenters. The Balaban J connectivity index is 1.73. The van der Waals surface area contributed by atoms with Crippen LogP contribution in [0.15, 0.2) is 79.0 Å². The standard InChI is InChI=1S/C27H23NO4/c1-18-22(23(29)13-11-19-12-14-24(31-2)25(16-19)32-3)17-21-10-7-15-28(21)26(18)27(30)20-8-5-4-6-9-20/h4-17H,1-3H3/b13-11+. The Morgan fingerprint density at radius 1 is 0.875 bits per heavy atom. The van der Waals surface area contributed by atoms with E-state index in [1.165, 1.54) is 6.08 Å². The first-order valence-electron chi connectivity index (χ1n) is 10.2. The van der Waals surface area contributed by atoms with Gasteiger partial charge in [0.2, 0.25) is 5.78 Å². The van der Waals surface area contributed by atoms with E-state index in [2.05, 4.69) is 0 Å². The first kappa shape index (κ1) is 21.1. The number of pyridine rings is 1. The van der Waals surface area contributed by atoms with Gasteiger partial charge >= 0.3 is 0 Å². The molecule has 0 radical (unpaired) electrons. The second kappa shape index (κ2) is 8.94. The van der Waals surface area contributed by atoms with Crippen LogP contribution in [0.5, 0.6) is 11.5 Å². The number of allylic oxidation sites excluding steroid dienone is 1. The summed E-state index contributed by atoms with van der Waals surface area (Å²) in [6.07, 6.45) is 5.08. The molecule has 0 N–H and O–H groups in total. The summed E-state index contributed by atoms with van der Waals surface area (Å²) in [6.45, 7) is 1.81. The maximum absolute atomic E-state index is 13.3. The van der Waals surface area contributed by atoms with Crippen LogP contribution < -0.4 is 9.47 Å². The SMILES string of the molecule is COc1ccc(/C=C/C(=O)c2cc3cccn3c(C(=O)c3ccccc3)c2C)cc1OC. The molecule has 0 saturated heterocycles. The largest absolute Gasteiger partial charge is 0.493 e. The van der Waals surface area contributed by atoms with Crippen LogP contribution in [-0.2, 0) is 0 Å². The van der Waals surface area contributed by atoms with Crippen molar-refractivity contribution in [1.29, 1.82) is 0 Å². The van der Waals surface area contributed by atoms with Crippen LogP contribution in [-0.4, -0.2) is 30.2 Å². The normalized spacial score (nSPS) is 11.1. The molecule has 0 spiro atoms. The van der Waals surface area contributed by atoms with Crippen molar-refractivity contribution >= 4 is 23.2 Å². The molecule has 2 heterocycles. The summed E-state index contributed by atoms with van der Waals surface area (Å²) in [4.78, 5) is 26.4. The lowest BCUT2D eigenvalue weighted by Gasteiger charge is -2.13. The van der Waals surface area contributed by atoms with E-state index < -0.39 is 0 Å². The Kier molecular flexibility index (Phi) is 5.90. The Bertz CT molecular complexity index is 1330. The fraction of sp³-hybridized carbons (Fsp3) is 0.111. The van der Waals surface area contributed by atoms with Gasteiger partial charge in [-0.05, 0) is 54.5 Å². The van der Waals surface area contributed by atoms with Gasteiger partial charge in [-0.3, -0.25) is 9.59 Å². The van der Waals surface area contributed by atoms with Crippen molar-refractivity contribution in [2.75, 3.05) is 14.2 Å². The van der Waals surface area contributed by atoms with Crippen molar-refractivity contribution in [2.45, 2.75) is 6.92 Å². The van der Waals surface area contributed by atoms with E-state index in [1.54, 1.807) is 44.6 Å². The van der Waals surface area contributed by atoms with Gasteiger partial charge in [0.25, 0.3) is 0 Å². The Morgan fingerprint density at radius 3 is 2.34 bits per heavy atom. The third-order valence-corrected chi connectivity index (χ3v) is 5.42. The second-order valence-electron chi connectivity index (χ2n) is 7.34. The van der Waals surface area contributed by atoms with Gasteiger partial charge in [-0.15, -0.1) is 0 Å². The molecule has 5 nitrogen and oxygen atoms in total. The quantitative estimate of drug-likeness (QED) is 0.294. The van der Waals surface area contributed by atoms with Crippen LogP contribution in [0.3, 0.4) is 0 Å².